The number of imidazole rings is 1. The highest BCUT2D eigenvalue weighted by Crippen LogP contribution is 2.41. The molecule has 0 bridgehead atoms. The normalized spacial score (nSPS) is 23.7. The van der Waals surface area contributed by atoms with Crippen LogP contribution in [0.5, 0.6) is 0 Å². The van der Waals surface area contributed by atoms with Gasteiger partial charge >= 0.3 is 6.18 Å². The Morgan fingerprint density at radius 1 is 1.17 bits per heavy atom. The quantitative estimate of drug-likeness (QED) is 0.352. The van der Waals surface area contributed by atoms with E-state index >= 15 is 0 Å². The topological polar surface area (TPSA) is 138 Å². The van der Waals surface area contributed by atoms with Crippen molar-refractivity contribution in [3.63, 3.8) is 0 Å². The molecule has 1 aliphatic carbocycles. The number of nitrogens with zero attached hydrogens (tertiary/aromatic N) is 6. The largest absolute Gasteiger partial charge is 0.416 e. The number of carbonyl (C=O) groups excluding carboxylic acids is 2. The smallest absolute Gasteiger partial charge is 0.381 e. The average Bonchev–Trinajstić information content (AvgIpc) is 3.67. The Morgan fingerprint density at radius 3 is 2.61 bits per heavy atom. The van der Waals surface area contributed by atoms with E-state index in [1.807, 2.05) is 6.92 Å². The van der Waals surface area contributed by atoms with Gasteiger partial charge in [-0.1, -0.05) is 0 Å². The number of hydrogen-bond donors (Lipinski definition) is 2. The summed E-state index contributed by atoms with van der Waals surface area (Å²) in [5, 5.41) is 14.1. The second kappa shape index (κ2) is 12.8. The molecule has 250 valence electrons. The Bertz CT molecular complexity index is 1560. The Kier molecular flexibility index (Phi) is 8.98. The second-order valence-electron chi connectivity index (χ2n) is 12.0. The van der Waals surface area contributed by atoms with Gasteiger partial charge in [0.2, 0.25) is 11.8 Å². The third-order valence-electron chi connectivity index (χ3n) is 8.95. The van der Waals surface area contributed by atoms with Crippen LogP contribution in [0.15, 0.2) is 18.5 Å². The highest BCUT2D eigenvalue weighted by Gasteiger charge is 2.46. The zero-order valence-corrected chi connectivity index (χ0v) is 25.1. The van der Waals surface area contributed by atoms with Gasteiger partial charge in [0.15, 0.2) is 6.10 Å². The number of amides is 2. The molecule has 2 unspecified atom stereocenters. The lowest BCUT2D eigenvalue weighted by Gasteiger charge is -2.33. The number of nitrogens with one attached hydrogen (secondary N) is 2. The molecule has 0 aromatic carbocycles. The summed E-state index contributed by atoms with van der Waals surface area (Å²) in [6, 6.07) is 0.805. The molecule has 3 fully saturated rings. The molecule has 2 N–H and O–H groups in total. The maximum Gasteiger partial charge on any atom is 0.416 e. The first-order valence-electron chi connectivity index (χ1n) is 15.5. The van der Waals surface area contributed by atoms with Gasteiger partial charge in [-0.05, 0) is 44.6 Å². The fourth-order valence-electron chi connectivity index (χ4n) is 6.42. The van der Waals surface area contributed by atoms with Gasteiger partial charge in [-0.3, -0.25) is 14.3 Å². The summed E-state index contributed by atoms with van der Waals surface area (Å²) in [5.74, 6) is -4.27. The van der Waals surface area contributed by atoms with Gasteiger partial charge in [-0.25, -0.2) is 23.3 Å². The van der Waals surface area contributed by atoms with Crippen LogP contribution in [0.3, 0.4) is 0 Å². The second-order valence-corrected chi connectivity index (χ2v) is 12.0. The van der Waals surface area contributed by atoms with Gasteiger partial charge in [0.25, 0.3) is 11.7 Å². The van der Waals surface area contributed by atoms with Crippen molar-refractivity contribution < 1.29 is 41.0 Å². The van der Waals surface area contributed by atoms with Crippen molar-refractivity contribution in [3.8, 4) is 0 Å². The summed E-state index contributed by atoms with van der Waals surface area (Å²) < 4.78 is 82.1. The molecule has 3 aliphatic rings. The molecule has 12 nitrogen and oxygen atoms in total. The molecule has 3 atom stereocenters. The van der Waals surface area contributed by atoms with Gasteiger partial charge in [-0.15, -0.1) is 0 Å². The van der Waals surface area contributed by atoms with Crippen molar-refractivity contribution in [2.75, 3.05) is 19.8 Å². The van der Waals surface area contributed by atoms with Crippen LogP contribution in [-0.2, 0) is 27.2 Å². The number of halogens is 5. The van der Waals surface area contributed by atoms with E-state index in [0.29, 0.717) is 49.7 Å². The van der Waals surface area contributed by atoms with E-state index in [4.69, 9.17) is 14.5 Å². The lowest BCUT2D eigenvalue weighted by atomic mass is 9.81. The maximum absolute atomic E-state index is 14.1. The van der Waals surface area contributed by atoms with Crippen LogP contribution >= 0.6 is 0 Å². The zero-order chi connectivity index (χ0) is 32.6. The third-order valence-corrected chi connectivity index (χ3v) is 8.95. The van der Waals surface area contributed by atoms with Crippen LogP contribution in [0.4, 0.5) is 22.0 Å². The van der Waals surface area contributed by atoms with Crippen molar-refractivity contribution in [1.82, 2.24) is 40.0 Å². The molecule has 2 saturated heterocycles. The SMILES string of the molecule is CCn1nccc1C(=O)N[C@H](c1cn2nc(CC3OC(C(F)(F)F)CNC3=O)c(C3CCOCC3)nc2n1)C1CCC(F)(F)CC1. The van der Waals surface area contributed by atoms with Gasteiger partial charge in [0.05, 0.1) is 35.9 Å². The first-order chi connectivity index (χ1) is 21.9. The average molecular weight is 655 g/mol. The van der Waals surface area contributed by atoms with E-state index in [-0.39, 0.29) is 55.4 Å². The van der Waals surface area contributed by atoms with E-state index in [1.165, 1.54) is 21.6 Å². The molecule has 0 spiro atoms. The number of carbonyl (C=O) groups is 2. The summed E-state index contributed by atoms with van der Waals surface area (Å²) in [6.07, 6.45) is -4.72. The Hall–Kier alpha value is -3.73. The molecule has 0 radical (unpaired) electrons. The van der Waals surface area contributed by atoms with Crippen LogP contribution in [0.1, 0.15) is 85.0 Å². The van der Waals surface area contributed by atoms with E-state index in [1.54, 1.807) is 6.07 Å². The highest BCUT2D eigenvalue weighted by molar-refractivity contribution is 5.92. The van der Waals surface area contributed by atoms with Crippen LogP contribution < -0.4 is 10.6 Å². The van der Waals surface area contributed by atoms with Crippen LogP contribution in [0.25, 0.3) is 5.78 Å². The van der Waals surface area contributed by atoms with E-state index in [0.717, 1.165) is 0 Å². The number of morpholine rings is 1. The van der Waals surface area contributed by atoms with Gasteiger partial charge < -0.3 is 20.1 Å². The minimum absolute atomic E-state index is 0.146. The molecule has 17 heteroatoms. The summed E-state index contributed by atoms with van der Waals surface area (Å²) in [7, 11) is 0. The summed E-state index contributed by atoms with van der Waals surface area (Å²) in [6.45, 7) is 2.50. The number of aromatic nitrogens is 6. The van der Waals surface area contributed by atoms with Crippen LogP contribution in [0, 0.1) is 5.92 Å². The first-order valence-corrected chi connectivity index (χ1v) is 15.5. The number of hydrogen-bond acceptors (Lipinski definition) is 8. The minimum atomic E-state index is -4.66. The van der Waals surface area contributed by atoms with Gasteiger partial charge in [-0.2, -0.15) is 23.4 Å². The number of aryl methyl sites for hydroxylation is 1. The van der Waals surface area contributed by atoms with E-state index in [2.05, 4.69) is 25.8 Å². The lowest BCUT2D eigenvalue weighted by molar-refractivity contribution is -0.237. The number of fused-ring (bicyclic) bond motifs is 1. The van der Waals surface area contributed by atoms with E-state index in [9.17, 15) is 31.5 Å². The van der Waals surface area contributed by atoms with Crippen LogP contribution in [-0.4, -0.2) is 85.2 Å². The fraction of sp³-hybridized carbons (Fsp3) is 0.655. The molecule has 3 aromatic rings. The predicted octanol–water partition coefficient (Wildman–Crippen LogP) is 3.52. The van der Waals surface area contributed by atoms with Crippen molar-refractivity contribution in [2.24, 2.45) is 5.92 Å². The van der Waals surface area contributed by atoms with E-state index < -0.39 is 48.7 Å². The summed E-state index contributed by atoms with van der Waals surface area (Å²) >= 11 is 0. The minimum Gasteiger partial charge on any atom is -0.381 e. The Morgan fingerprint density at radius 2 is 1.91 bits per heavy atom. The Labute approximate surface area is 260 Å². The molecular formula is C29H35F5N8O4. The molecule has 2 aliphatic heterocycles. The predicted molar refractivity (Wildman–Crippen MR) is 150 cm³/mol. The van der Waals surface area contributed by atoms with Gasteiger partial charge in [0, 0.05) is 51.1 Å². The van der Waals surface area contributed by atoms with Crippen molar-refractivity contribution in [3.05, 3.63) is 41.2 Å². The standard InChI is InChI=1S/C29H35F5N8O4/c1-2-41-20(5-10-36-41)25(43)38-24(16-3-8-28(30,31)9-4-16)19-15-42-27(37-19)39-23(17-6-11-45-12-7-17)18(40-42)13-21-26(44)35-14-22(46-21)29(32,33)34/h5,10,15-17,21-22,24H,2-4,6-9,11-14H2,1H3,(H,35,44)(H,38,43)/t21?,22?,24-/m0/s1. The highest BCUT2D eigenvalue weighted by atomic mass is 19.4. The Balaban J connectivity index is 1.35. The van der Waals surface area contributed by atoms with Crippen molar-refractivity contribution >= 4 is 17.6 Å². The van der Waals surface area contributed by atoms with Crippen molar-refractivity contribution in [1.29, 1.82) is 0 Å². The summed E-state index contributed by atoms with van der Waals surface area (Å²) in [5.41, 5.74) is 1.41. The van der Waals surface area contributed by atoms with Crippen molar-refractivity contribution in [2.45, 2.75) is 94.7 Å². The molecule has 6 rings (SSSR count). The molecule has 2 amide bonds. The van der Waals surface area contributed by atoms with Crippen LogP contribution in [0.2, 0.25) is 0 Å². The molecular weight excluding hydrogens is 619 g/mol. The number of ether oxygens (including phenoxy) is 2. The zero-order valence-electron chi connectivity index (χ0n) is 25.1. The lowest BCUT2D eigenvalue weighted by Crippen LogP contribution is -2.55. The molecule has 1 saturated carbocycles. The molecule has 46 heavy (non-hydrogen) atoms. The summed E-state index contributed by atoms with van der Waals surface area (Å²) in [4.78, 5) is 35.4. The number of rotatable bonds is 8. The monoisotopic (exact) mass is 654 g/mol. The first kappa shape index (κ1) is 32.2. The molecule has 3 aromatic heterocycles. The third kappa shape index (κ3) is 6.84. The maximum atomic E-state index is 14.1. The molecule has 5 heterocycles. The fourth-order valence-corrected chi connectivity index (χ4v) is 6.42. The number of alkyl halides is 5. The van der Waals surface area contributed by atoms with Gasteiger partial charge in [0.1, 0.15) is 11.8 Å².